The third-order valence-corrected chi connectivity index (χ3v) is 4.55. The maximum Gasteiger partial charge on any atom is 0.326 e. The highest BCUT2D eigenvalue weighted by Gasteiger charge is 2.19. The van der Waals surface area contributed by atoms with Crippen LogP contribution in [0.2, 0.25) is 0 Å². The van der Waals surface area contributed by atoms with Gasteiger partial charge in [0, 0.05) is 12.5 Å². The molecule has 0 aliphatic heterocycles. The fourth-order valence-corrected chi connectivity index (χ4v) is 2.98. The van der Waals surface area contributed by atoms with Crippen molar-refractivity contribution in [1.82, 2.24) is 5.32 Å². The lowest BCUT2D eigenvalue weighted by molar-refractivity contribution is -0.141. The van der Waals surface area contributed by atoms with Gasteiger partial charge in [0.25, 0.3) is 0 Å². The van der Waals surface area contributed by atoms with Gasteiger partial charge >= 0.3 is 5.97 Å². The quantitative estimate of drug-likeness (QED) is 0.278. The number of carbonyl (C=O) groups excluding carboxylic acids is 1. The monoisotopic (exact) mass is 387 g/mol. The van der Waals surface area contributed by atoms with Crippen LogP contribution in [0.25, 0.3) is 0 Å². The summed E-state index contributed by atoms with van der Waals surface area (Å²) in [5.74, 6) is -0.965. The highest BCUT2D eigenvalue weighted by molar-refractivity contribution is 5.91. The van der Waals surface area contributed by atoms with Crippen molar-refractivity contribution in [2.75, 3.05) is 0 Å². The zero-order valence-corrected chi connectivity index (χ0v) is 17.1. The summed E-state index contributed by atoms with van der Waals surface area (Å²) in [6, 6.07) is 5.24. The lowest BCUT2D eigenvalue weighted by Crippen LogP contribution is -2.41. The Morgan fingerprint density at radius 1 is 1.11 bits per heavy atom. The number of benzene rings is 1. The van der Waals surface area contributed by atoms with Crippen molar-refractivity contribution in [1.29, 1.82) is 0 Å². The molecule has 0 aliphatic carbocycles. The molecule has 0 saturated heterocycles. The van der Waals surface area contributed by atoms with Crippen LogP contribution in [0.1, 0.15) is 58.4 Å². The van der Waals surface area contributed by atoms with Crippen molar-refractivity contribution in [3.63, 3.8) is 0 Å². The molecule has 1 rings (SSSR count). The van der Waals surface area contributed by atoms with Gasteiger partial charge in [-0.2, -0.15) is 0 Å². The molecule has 5 nitrogen and oxygen atoms in total. The maximum atomic E-state index is 12.1. The summed E-state index contributed by atoms with van der Waals surface area (Å²) in [4.78, 5) is 23.5. The number of aliphatic carboxylic acids is 1. The average molecular weight is 388 g/mol. The molecule has 0 heterocycles. The second kappa shape index (κ2) is 12.8. The van der Waals surface area contributed by atoms with E-state index in [1.54, 1.807) is 18.2 Å². The topological polar surface area (TPSA) is 86.6 Å². The summed E-state index contributed by atoms with van der Waals surface area (Å²) in [6.07, 6.45) is 11.5. The number of carboxylic acid groups (broad SMARTS) is 1. The van der Waals surface area contributed by atoms with Crippen LogP contribution in [0.3, 0.4) is 0 Å². The minimum absolute atomic E-state index is 0.115. The van der Waals surface area contributed by atoms with E-state index >= 15 is 0 Å². The van der Waals surface area contributed by atoms with E-state index in [0.717, 1.165) is 17.6 Å². The van der Waals surface area contributed by atoms with Crippen LogP contribution in [0.15, 0.2) is 48.1 Å². The predicted molar refractivity (Wildman–Crippen MR) is 112 cm³/mol. The second-order valence-electron chi connectivity index (χ2n) is 7.34. The molecule has 0 fully saturated rings. The largest absolute Gasteiger partial charge is 0.508 e. The summed E-state index contributed by atoms with van der Waals surface area (Å²) in [5, 5.41) is 21.2. The molecule has 2 atom stereocenters. The smallest absolute Gasteiger partial charge is 0.326 e. The minimum Gasteiger partial charge on any atom is -0.508 e. The van der Waals surface area contributed by atoms with Crippen LogP contribution >= 0.6 is 0 Å². The van der Waals surface area contributed by atoms with Gasteiger partial charge in [-0.15, -0.1) is 0 Å². The molecule has 1 aromatic carbocycles. The molecule has 0 aliphatic rings. The fraction of sp³-hybridized carbons (Fsp3) is 0.478. The van der Waals surface area contributed by atoms with Crippen LogP contribution < -0.4 is 5.32 Å². The molecular weight excluding hydrogens is 354 g/mol. The number of nitrogens with one attached hydrogen (secondary N) is 1. The van der Waals surface area contributed by atoms with Crippen LogP contribution in [0.5, 0.6) is 5.75 Å². The number of phenolic OH excluding ortho intramolecular Hbond substituents is 1. The SMILES string of the molecule is CCCCCC[C@@H](C)/C=C(C)/C=C/C(=O)N[C@H](Cc1ccc(O)cc1)C(=O)O. The molecule has 0 unspecified atom stereocenters. The molecule has 3 N–H and O–H groups in total. The Hall–Kier alpha value is -2.56. The van der Waals surface area contributed by atoms with Crippen LogP contribution in [0.4, 0.5) is 0 Å². The summed E-state index contributed by atoms with van der Waals surface area (Å²) < 4.78 is 0. The van der Waals surface area contributed by atoms with E-state index < -0.39 is 17.9 Å². The third kappa shape index (κ3) is 9.95. The number of rotatable bonds is 12. The number of aromatic hydroxyl groups is 1. The Balaban J connectivity index is 2.55. The zero-order chi connectivity index (χ0) is 20.9. The van der Waals surface area contributed by atoms with E-state index in [9.17, 15) is 19.8 Å². The fourth-order valence-electron chi connectivity index (χ4n) is 2.98. The van der Waals surface area contributed by atoms with Crippen molar-refractivity contribution in [3.8, 4) is 5.75 Å². The Morgan fingerprint density at radius 3 is 2.39 bits per heavy atom. The number of phenols is 1. The van der Waals surface area contributed by atoms with Gasteiger partial charge in [0.2, 0.25) is 5.91 Å². The molecule has 0 spiro atoms. The molecule has 28 heavy (non-hydrogen) atoms. The van der Waals surface area contributed by atoms with Gasteiger partial charge in [0.05, 0.1) is 0 Å². The molecule has 0 bridgehead atoms. The van der Waals surface area contributed by atoms with E-state index in [2.05, 4.69) is 25.2 Å². The van der Waals surface area contributed by atoms with E-state index in [4.69, 9.17) is 0 Å². The molecule has 154 valence electrons. The molecule has 1 aromatic rings. The number of allylic oxidation sites excluding steroid dienone is 3. The first-order valence-electron chi connectivity index (χ1n) is 9.99. The van der Waals surface area contributed by atoms with Crippen LogP contribution in [0, 0.1) is 5.92 Å². The van der Waals surface area contributed by atoms with Gasteiger partial charge in [-0.05, 0) is 37.0 Å². The first kappa shape index (κ1) is 23.5. The zero-order valence-electron chi connectivity index (χ0n) is 17.1. The number of unbranched alkanes of at least 4 members (excludes halogenated alkanes) is 3. The minimum atomic E-state index is -1.09. The normalized spacial score (nSPS) is 14.0. The predicted octanol–water partition coefficient (Wildman–Crippen LogP) is 4.61. The Labute approximate surface area is 168 Å². The standard InChI is InChI=1S/C23H33NO4/c1-4-5-6-7-8-17(2)15-18(3)9-14-22(26)24-21(23(27)28)16-19-10-12-20(25)13-11-19/h9-15,17,21,25H,4-8,16H2,1-3H3,(H,24,26)(H,27,28)/b14-9+,18-15+/t17-,21-/m1/s1. The van der Waals surface area contributed by atoms with E-state index in [1.807, 2.05) is 6.92 Å². The molecule has 1 amide bonds. The van der Waals surface area contributed by atoms with Crippen molar-refractivity contribution in [3.05, 3.63) is 53.6 Å². The summed E-state index contributed by atoms with van der Waals surface area (Å²) in [5.41, 5.74) is 1.71. The van der Waals surface area contributed by atoms with Crippen molar-refractivity contribution in [2.24, 2.45) is 5.92 Å². The molecule has 0 aromatic heterocycles. The van der Waals surface area contributed by atoms with Crippen LogP contribution in [-0.2, 0) is 16.0 Å². The first-order chi connectivity index (χ1) is 13.3. The number of hydrogen-bond donors (Lipinski definition) is 3. The summed E-state index contributed by atoms with van der Waals surface area (Å²) >= 11 is 0. The van der Waals surface area contributed by atoms with Gasteiger partial charge < -0.3 is 15.5 Å². The first-order valence-corrected chi connectivity index (χ1v) is 9.99. The number of hydrogen-bond acceptors (Lipinski definition) is 3. The highest BCUT2D eigenvalue weighted by atomic mass is 16.4. The molecule has 5 heteroatoms. The van der Waals surface area contributed by atoms with E-state index in [0.29, 0.717) is 5.92 Å². The Bertz CT molecular complexity index is 676. The third-order valence-electron chi connectivity index (χ3n) is 4.55. The summed E-state index contributed by atoms with van der Waals surface area (Å²) in [6.45, 7) is 6.31. The molecule has 0 saturated carbocycles. The number of carbonyl (C=O) groups is 2. The highest BCUT2D eigenvalue weighted by Crippen LogP contribution is 2.14. The number of amides is 1. The van der Waals surface area contributed by atoms with E-state index in [1.165, 1.54) is 43.9 Å². The van der Waals surface area contributed by atoms with Gasteiger partial charge in [-0.3, -0.25) is 4.79 Å². The van der Waals surface area contributed by atoms with Crippen molar-refractivity contribution in [2.45, 2.75) is 65.3 Å². The van der Waals surface area contributed by atoms with Gasteiger partial charge in [0.1, 0.15) is 11.8 Å². The molecule has 0 radical (unpaired) electrons. The van der Waals surface area contributed by atoms with Crippen LogP contribution in [-0.4, -0.2) is 28.1 Å². The van der Waals surface area contributed by atoms with E-state index in [-0.39, 0.29) is 12.2 Å². The Kier molecular flexibility index (Phi) is 10.7. The van der Waals surface area contributed by atoms with Gasteiger partial charge in [-0.25, -0.2) is 4.79 Å². The lowest BCUT2D eigenvalue weighted by atomic mass is 10.00. The summed E-state index contributed by atoms with van der Waals surface area (Å²) in [7, 11) is 0. The second-order valence-corrected chi connectivity index (χ2v) is 7.34. The maximum absolute atomic E-state index is 12.1. The van der Waals surface area contributed by atoms with Crippen molar-refractivity contribution < 1.29 is 19.8 Å². The molecular formula is C23H33NO4. The van der Waals surface area contributed by atoms with Gasteiger partial charge in [0.15, 0.2) is 0 Å². The van der Waals surface area contributed by atoms with Gasteiger partial charge in [-0.1, -0.05) is 69.4 Å². The average Bonchev–Trinajstić information content (AvgIpc) is 2.64. The lowest BCUT2D eigenvalue weighted by Gasteiger charge is -2.13. The van der Waals surface area contributed by atoms with Crippen molar-refractivity contribution >= 4 is 11.9 Å². The Morgan fingerprint density at radius 2 is 1.79 bits per heavy atom. The number of carboxylic acids is 1.